The lowest BCUT2D eigenvalue weighted by Crippen LogP contribution is -2.35. The van der Waals surface area contributed by atoms with E-state index in [1.54, 1.807) is 12.3 Å². The van der Waals surface area contributed by atoms with Crippen molar-refractivity contribution < 1.29 is 37.7 Å². The van der Waals surface area contributed by atoms with Gasteiger partial charge >= 0.3 is 18.1 Å². The van der Waals surface area contributed by atoms with Crippen molar-refractivity contribution in [3.05, 3.63) is 53.7 Å². The molecule has 0 spiro atoms. The molecule has 0 amide bonds. The molecule has 3 N–H and O–H groups in total. The minimum atomic E-state index is -5.08. The average Bonchev–Trinajstić information content (AvgIpc) is 2.75. The number of aromatic carboxylic acids is 1. The van der Waals surface area contributed by atoms with Crippen molar-refractivity contribution in [3.63, 3.8) is 0 Å². The number of ether oxygens (including phenoxy) is 1. The number of pyridine rings is 1. The fourth-order valence-corrected chi connectivity index (χ4v) is 2.89. The second-order valence-electron chi connectivity index (χ2n) is 7.13. The minimum absolute atomic E-state index is 0.171. The first-order valence-corrected chi connectivity index (χ1v) is 9.72. The van der Waals surface area contributed by atoms with Crippen molar-refractivity contribution in [2.24, 2.45) is 0 Å². The van der Waals surface area contributed by atoms with Gasteiger partial charge in [0.15, 0.2) is 0 Å². The quantitative estimate of drug-likeness (QED) is 0.607. The van der Waals surface area contributed by atoms with Crippen LogP contribution in [0.25, 0.3) is 0 Å². The molecule has 1 aromatic heterocycles. The zero-order chi connectivity index (χ0) is 23.7. The molecule has 0 aliphatic carbocycles. The van der Waals surface area contributed by atoms with Gasteiger partial charge in [-0.25, -0.2) is 14.6 Å². The Morgan fingerprint density at radius 1 is 1.16 bits per heavy atom. The van der Waals surface area contributed by atoms with Crippen molar-refractivity contribution >= 4 is 17.8 Å². The van der Waals surface area contributed by atoms with E-state index in [4.69, 9.17) is 14.6 Å². The summed E-state index contributed by atoms with van der Waals surface area (Å²) in [6.45, 7) is 2.65. The van der Waals surface area contributed by atoms with E-state index >= 15 is 0 Å². The Bertz CT molecular complexity index is 898. The molecule has 2 aromatic rings. The Kier molecular flexibility index (Phi) is 8.82. The Hall–Kier alpha value is -3.34. The van der Waals surface area contributed by atoms with Crippen LogP contribution in [0.4, 0.5) is 19.0 Å². The van der Waals surface area contributed by atoms with Crippen molar-refractivity contribution in [3.8, 4) is 5.75 Å². The van der Waals surface area contributed by atoms with Crippen LogP contribution in [0.15, 0.2) is 42.6 Å². The largest absolute Gasteiger partial charge is 0.490 e. The van der Waals surface area contributed by atoms with Crippen LogP contribution in [-0.4, -0.2) is 64.5 Å². The van der Waals surface area contributed by atoms with Gasteiger partial charge in [0.1, 0.15) is 23.2 Å². The normalized spacial score (nSPS) is 14.8. The predicted molar refractivity (Wildman–Crippen MR) is 110 cm³/mol. The van der Waals surface area contributed by atoms with Gasteiger partial charge < -0.3 is 25.2 Å². The number of anilines is 1. The number of hydrogen-bond donors (Lipinski definition) is 3. The smallest absolute Gasteiger partial charge is 0.490 e. The Labute approximate surface area is 182 Å². The van der Waals surface area contributed by atoms with E-state index in [-0.39, 0.29) is 11.7 Å². The number of carboxylic acid groups (broad SMARTS) is 2. The number of rotatable bonds is 6. The van der Waals surface area contributed by atoms with E-state index in [1.165, 1.54) is 6.07 Å². The molecular formula is C21H24F3N3O5. The number of nitrogens with zero attached hydrogens (tertiary/aromatic N) is 2. The number of aliphatic carboxylic acids is 1. The first-order chi connectivity index (χ1) is 15.1. The fraction of sp³-hybridized carbons (Fsp3) is 0.381. The van der Waals surface area contributed by atoms with Crippen LogP contribution in [0.1, 0.15) is 28.8 Å². The standard InChI is InChI=1S/C19H23N3O3.C2HF3O2/c1-22-11-8-16(9-12-22)25-15-6-4-14(5-7-15)13-21-18-17(19(23)24)3-2-10-20-18;3-2(4,5)1(6)7/h2-7,10,16H,8-9,11-13H2,1H3,(H,20,21)(H,23,24);(H,6,7). The van der Waals surface area contributed by atoms with Crippen molar-refractivity contribution in [2.75, 3.05) is 25.5 Å². The molecule has 1 fully saturated rings. The van der Waals surface area contributed by atoms with Crippen LogP contribution in [0.5, 0.6) is 5.75 Å². The van der Waals surface area contributed by atoms with Crippen molar-refractivity contribution in [1.82, 2.24) is 9.88 Å². The number of halogens is 3. The highest BCUT2D eigenvalue weighted by Crippen LogP contribution is 2.20. The second kappa shape index (κ2) is 11.3. The van der Waals surface area contributed by atoms with E-state index in [9.17, 15) is 23.1 Å². The lowest BCUT2D eigenvalue weighted by molar-refractivity contribution is -0.192. The lowest BCUT2D eigenvalue weighted by atomic mass is 10.1. The zero-order valence-electron chi connectivity index (χ0n) is 17.3. The zero-order valence-corrected chi connectivity index (χ0v) is 17.3. The maximum Gasteiger partial charge on any atom is 0.490 e. The average molecular weight is 455 g/mol. The summed E-state index contributed by atoms with van der Waals surface area (Å²) in [5.41, 5.74) is 1.21. The number of nitrogens with one attached hydrogen (secondary N) is 1. The molecular weight excluding hydrogens is 431 g/mol. The number of piperidine rings is 1. The maximum atomic E-state index is 11.2. The van der Waals surface area contributed by atoms with Gasteiger partial charge in [-0.3, -0.25) is 0 Å². The summed E-state index contributed by atoms with van der Waals surface area (Å²) in [7, 11) is 2.13. The molecule has 0 bridgehead atoms. The highest BCUT2D eigenvalue weighted by molar-refractivity contribution is 5.92. The van der Waals surface area contributed by atoms with Crippen molar-refractivity contribution in [1.29, 1.82) is 0 Å². The monoisotopic (exact) mass is 455 g/mol. The van der Waals surface area contributed by atoms with Gasteiger partial charge in [0.05, 0.1) is 0 Å². The molecule has 1 aromatic carbocycles. The van der Waals surface area contributed by atoms with Crippen molar-refractivity contribution in [2.45, 2.75) is 31.7 Å². The van der Waals surface area contributed by atoms with Crippen LogP contribution in [0, 0.1) is 0 Å². The molecule has 1 aliphatic rings. The molecule has 0 atom stereocenters. The van der Waals surface area contributed by atoms with Crippen LogP contribution in [0.2, 0.25) is 0 Å². The fourth-order valence-electron chi connectivity index (χ4n) is 2.89. The third-order valence-electron chi connectivity index (χ3n) is 4.63. The van der Waals surface area contributed by atoms with E-state index in [0.717, 1.165) is 37.2 Å². The van der Waals surface area contributed by atoms with E-state index < -0.39 is 18.1 Å². The third kappa shape index (κ3) is 8.06. The van der Waals surface area contributed by atoms with Gasteiger partial charge in [-0.05, 0) is 49.7 Å². The second-order valence-corrected chi connectivity index (χ2v) is 7.13. The van der Waals surface area contributed by atoms with Crippen LogP contribution in [-0.2, 0) is 11.3 Å². The van der Waals surface area contributed by atoms with Crippen LogP contribution >= 0.6 is 0 Å². The highest BCUT2D eigenvalue weighted by Gasteiger charge is 2.38. The molecule has 0 unspecified atom stereocenters. The molecule has 32 heavy (non-hydrogen) atoms. The van der Waals surface area contributed by atoms with E-state index in [1.807, 2.05) is 24.3 Å². The van der Waals surface area contributed by atoms with Gasteiger partial charge in [0, 0.05) is 25.8 Å². The van der Waals surface area contributed by atoms with Gasteiger partial charge in [0.25, 0.3) is 0 Å². The molecule has 174 valence electrons. The predicted octanol–water partition coefficient (Wildman–Crippen LogP) is 3.50. The number of benzene rings is 1. The Balaban J connectivity index is 0.000000451. The number of aromatic nitrogens is 1. The summed E-state index contributed by atoms with van der Waals surface area (Å²) in [4.78, 5) is 26.5. The molecule has 11 heteroatoms. The summed E-state index contributed by atoms with van der Waals surface area (Å²) in [5.74, 6) is -2.49. The minimum Gasteiger partial charge on any atom is -0.490 e. The summed E-state index contributed by atoms with van der Waals surface area (Å²) in [6, 6.07) is 11.1. The van der Waals surface area contributed by atoms with E-state index in [2.05, 4.69) is 22.2 Å². The highest BCUT2D eigenvalue weighted by atomic mass is 19.4. The van der Waals surface area contributed by atoms with Gasteiger partial charge in [-0.1, -0.05) is 12.1 Å². The summed E-state index contributed by atoms with van der Waals surface area (Å²) >= 11 is 0. The number of hydrogen-bond acceptors (Lipinski definition) is 6. The number of carboxylic acids is 2. The molecule has 3 rings (SSSR count). The number of alkyl halides is 3. The molecule has 1 aliphatic heterocycles. The van der Waals surface area contributed by atoms with Gasteiger partial charge in [0.2, 0.25) is 0 Å². The topological polar surface area (TPSA) is 112 Å². The van der Waals surface area contributed by atoms with Gasteiger partial charge in [-0.15, -0.1) is 0 Å². The number of likely N-dealkylation sites (tertiary alicyclic amines) is 1. The summed E-state index contributed by atoms with van der Waals surface area (Å²) in [6.07, 6.45) is -1.12. The number of carbonyl (C=O) groups is 2. The molecule has 1 saturated heterocycles. The van der Waals surface area contributed by atoms with Crippen LogP contribution < -0.4 is 10.1 Å². The SMILES string of the molecule is CN1CCC(Oc2ccc(CNc3ncccc3C(=O)O)cc2)CC1.O=C(O)C(F)(F)F. The first-order valence-electron chi connectivity index (χ1n) is 9.72. The van der Waals surface area contributed by atoms with E-state index in [0.29, 0.717) is 12.4 Å². The van der Waals surface area contributed by atoms with Crippen LogP contribution in [0.3, 0.4) is 0 Å². The summed E-state index contributed by atoms with van der Waals surface area (Å²) in [5, 5.41) is 19.4. The third-order valence-corrected chi connectivity index (χ3v) is 4.63. The Morgan fingerprint density at radius 2 is 1.75 bits per heavy atom. The molecule has 0 saturated carbocycles. The summed E-state index contributed by atoms with van der Waals surface area (Å²) < 4.78 is 37.8. The maximum absolute atomic E-state index is 11.2. The lowest BCUT2D eigenvalue weighted by Gasteiger charge is -2.29. The Morgan fingerprint density at radius 3 is 2.28 bits per heavy atom. The first kappa shape index (κ1) is 24.9. The molecule has 2 heterocycles. The molecule has 8 nitrogen and oxygen atoms in total. The molecule has 0 radical (unpaired) electrons. The van der Waals surface area contributed by atoms with Gasteiger partial charge in [-0.2, -0.15) is 13.2 Å².